The molecular formula is C14H26N2O4. The van der Waals surface area contributed by atoms with E-state index < -0.39 is 17.9 Å². The summed E-state index contributed by atoms with van der Waals surface area (Å²) >= 11 is 0. The molecule has 0 aliphatic heterocycles. The fourth-order valence-corrected chi connectivity index (χ4v) is 1.84. The normalized spacial score (nSPS) is 13.7. The Kier molecular flexibility index (Phi) is 8.59. The van der Waals surface area contributed by atoms with Crippen LogP contribution in [0.1, 0.15) is 47.0 Å². The first kappa shape index (κ1) is 18.4. The van der Waals surface area contributed by atoms with Crippen LogP contribution in [0.25, 0.3) is 0 Å². The molecule has 0 saturated heterocycles. The molecule has 1 unspecified atom stereocenters. The van der Waals surface area contributed by atoms with E-state index in [1.165, 1.54) is 0 Å². The zero-order valence-corrected chi connectivity index (χ0v) is 12.7. The van der Waals surface area contributed by atoms with Crippen molar-refractivity contribution in [2.24, 2.45) is 11.8 Å². The van der Waals surface area contributed by atoms with Crippen molar-refractivity contribution in [2.75, 3.05) is 6.54 Å². The summed E-state index contributed by atoms with van der Waals surface area (Å²) in [6.45, 7) is 7.37. The van der Waals surface area contributed by atoms with Gasteiger partial charge in [-0.05, 0) is 18.8 Å². The maximum absolute atomic E-state index is 11.6. The van der Waals surface area contributed by atoms with Gasteiger partial charge in [0.05, 0.1) is 6.54 Å². The highest BCUT2D eigenvalue weighted by Crippen LogP contribution is 2.05. The Morgan fingerprint density at radius 3 is 2.20 bits per heavy atom. The largest absolute Gasteiger partial charge is 0.480 e. The predicted octanol–water partition coefficient (Wildman–Crippen LogP) is 1.15. The zero-order valence-electron chi connectivity index (χ0n) is 12.7. The molecule has 2 amide bonds. The Hall–Kier alpha value is -1.59. The van der Waals surface area contributed by atoms with Crippen LogP contribution in [0, 0.1) is 11.8 Å². The third-order valence-corrected chi connectivity index (χ3v) is 2.93. The van der Waals surface area contributed by atoms with Gasteiger partial charge in [-0.3, -0.25) is 9.59 Å². The van der Waals surface area contributed by atoms with E-state index in [2.05, 4.69) is 10.6 Å². The second kappa shape index (κ2) is 9.34. The summed E-state index contributed by atoms with van der Waals surface area (Å²) < 4.78 is 0. The van der Waals surface area contributed by atoms with E-state index in [0.29, 0.717) is 6.42 Å². The average molecular weight is 286 g/mol. The maximum atomic E-state index is 11.6. The monoisotopic (exact) mass is 286 g/mol. The van der Waals surface area contributed by atoms with Gasteiger partial charge in [0, 0.05) is 5.92 Å². The van der Waals surface area contributed by atoms with Gasteiger partial charge in [0.15, 0.2) is 0 Å². The van der Waals surface area contributed by atoms with Crippen molar-refractivity contribution in [3.63, 3.8) is 0 Å². The highest BCUT2D eigenvalue weighted by Gasteiger charge is 2.21. The van der Waals surface area contributed by atoms with Crippen molar-refractivity contribution in [3.05, 3.63) is 0 Å². The molecule has 0 radical (unpaired) electrons. The Bertz CT molecular complexity index is 342. The zero-order chi connectivity index (χ0) is 15.7. The van der Waals surface area contributed by atoms with E-state index in [4.69, 9.17) is 5.11 Å². The van der Waals surface area contributed by atoms with Gasteiger partial charge in [-0.1, -0.05) is 34.1 Å². The second-order valence-electron chi connectivity index (χ2n) is 5.50. The van der Waals surface area contributed by atoms with Crippen molar-refractivity contribution in [1.29, 1.82) is 0 Å². The molecule has 0 aromatic carbocycles. The Morgan fingerprint density at radius 2 is 1.75 bits per heavy atom. The lowest BCUT2D eigenvalue weighted by Crippen LogP contribution is -2.46. The van der Waals surface area contributed by atoms with E-state index in [9.17, 15) is 14.4 Å². The standard InChI is InChI=1S/C14H26N2O4/c1-5-6-10(4)13(18)15-8-12(17)16-11(14(19)20)7-9(2)3/h9-11H,5-8H2,1-4H3,(H,15,18)(H,16,17)(H,19,20)/t10?,11-/m0/s1. The van der Waals surface area contributed by atoms with E-state index in [1.807, 2.05) is 20.8 Å². The first-order valence-electron chi connectivity index (χ1n) is 7.07. The van der Waals surface area contributed by atoms with Gasteiger partial charge < -0.3 is 15.7 Å². The lowest BCUT2D eigenvalue weighted by molar-refractivity contribution is -0.142. The van der Waals surface area contributed by atoms with Crippen molar-refractivity contribution in [1.82, 2.24) is 10.6 Å². The number of aliphatic carboxylic acids is 1. The van der Waals surface area contributed by atoms with Crippen LogP contribution in [-0.2, 0) is 14.4 Å². The second-order valence-corrected chi connectivity index (χ2v) is 5.50. The molecule has 0 fully saturated rings. The van der Waals surface area contributed by atoms with E-state index >= 15 is 0 Å². The summed E-state index contributed by atoms with van der Waals surface area (Å²) in [5.41, 5.74) is 0. The first-order valence-corrected chi connectivity index (χ1v) is 7.07. The molecule has 0 spiro atoms. The molecule has 0 heterocycles. The number of carboxylic acid groups (broad SMARTS) is 1. The third kappa shape index (κ3) is 7.76. The highest BCUT2D eigenvalue weighted by atomic mass is 16.4. The number of carbonyl (C=O) groups is 3. The molecule has 6 nitrogen and oxygen atoms in total. The number of rotatable bonds is 9. The Morgan fingerprint density at radius 1 is 1.15 bits per heavy atom. The number of carbonyl (C=O) groups excluding carboxylic acids is 2. The van der Waals surface area contributed by atoms with Crippen LogP contribution in [0.4, 0.5) is 0 Å². The minimum atomic E-state index is -1.06. The first-order chi connectivity index (χ1) is 9.27. The fraction of sp³-hybridized carbons (Fsp3) is 0.786. The van der Waals surface area contributed by atoms with E-state index in [-0.39, 0.29) is 24.3 Å². The Labute approximate surface area is 120 Å². The van der Waals surface area contributed by atoms with Crippen LogP contribution >= 0.6 is 0 Å². The maximum Gasteiger partial charge on any atom is 0.326 e. The summed E-state index contributed by atoms with van der Waals surface area (Å²) in [7, 11) is 0. The van der Waals surface area contributed by atoms with Gasteiger partial charge >= 0.3 is 5.97 Å². The highest BCUT2D eigenvalue weighted by molar-refractivity contribution is 5.88. The van der Waals surface area contributed by atoms with Gasteiger partial charge in [-0.2, -0.15) is 0 Å². The van der Waals surface area contributed by atoms with Crippen LogP contribution in [0.5, 0.6) is 0 Å². The van der Waals surface area contributed by atoms with Crippen LogP contribution in [0.2, 0.25) is 0 Å². The topological polar surface area (TPSA) is 95.5 Å². The minimum Gasteiger partial charge on any atom is -0.480 e. The molecule has 0 rings (SSSR count). The summed E-state index contributed by atoms with van der Waals surface area (Å²) in [5.74, 6) is -1.69. The Balaban J connectivity index is 4.20. The molecule has 0 aromatic rings. The van der Waals surface area contributed by atoms with E-state index in [1.54, 1.807) is 6.92 Å². The molecule has 3 N–H and O–H groups in total. The molecule has 0 aromatic heterocycles. The quantitative estimate of drug-likeness (QED) is 0.592. The number of carboxylic acids is 1. The number of nitrogens with one attached hydrogen (secondary N) is 2. The van der Waals surface area contributed by atoms with Gasteiger partial charge in [0.25, 0.3) is 0 Å². The minimum absolute atomic E-state index is 0.140. The lowest BCUT2D eigenvalue weighted by atomic mass is 10.0. The predicted molar refractivity (Wildman–Crippen MR) is 76.1 cm³/mol. The molecule has 0 bridgehead atoms. The molecule has 2 atom stereocenters. The molecule has 0 aliphatic carbocycles. The van der Waals surface area contributed by atoms with Crippen LogP contribution in [-0.4, -0.2) is 35.5 Å². The number of amides is 2. The van der Waals surface area contributed by atoms with Gasteiger partial charge in [-0.15, -0.1) is 0 Å². The van der Waals surface area contributed by atoms with Crippen molar-refractivity contribution >= 4 is 17.8 Å². The summed E-state index contributed by atoms with van der Waals surface area (Å²) in [6, 6.07) is -0.910. The van der Waals surface area contributed by atoms with Gasteiger partial charge in [-0.25, -0.2) is 4.79 Å². The molecule has 0 saturated carbocycles. The van der Waals surface area contributed by atoms with Crippen LogP contribution < -0.4 is 10.6 Å². The summed E-state index contributed by atoms with van der Waals surface area (Å²) in [6.07, 6.45) is 2.02. The van der Waals surface area contributed by atoms with Crippen LogP contribution in [0.15, 0.2) is 0 Å². The SMILES string of the molecule is CCCC(C)C(=O)NCC(=O)N[C@@H](CC(C)C)C(=O)O. The molecule has 6 heteroatoms. The third-order valence-electron chi connectivity index (χ3n) is 2.93. The summed E-state index contributed by atoms with van der Waals surface area (Å²) in [4.78, 5) is 34.3. The molecular weight excluding hydrogens is 260 g/mol. The molecule has 116 valence electrons. The summed E-state index contributed by atoms with van der Waals surface area (Å²) in [5, 5.41) is 13.9. The number of hydrogen-bond acceptors (Lipinski definition) is 3. The van der Waals surface area contributed by atoms with Crippen molar-refractivity contribution in [2.45, 2.75) is 53.0 Å². The van der Waals surface area contributed by atoms with Crippen molar-refractivity contribution < 1.29 is 19.5 Å². The van der Waals surface area contributed by atoms with E-state index in [0.717, 1.165) is 12.8 Å². The lowest BCUT2D eigenvalue weighted by Gasteiger charge is -2.17. The van der Waals surface area contributed by atoms with Crippen LogP contribution in [0.3, 0.4) is 0 Å². The van der Waals surface area contributed by atoms with Gasteiger partial charge in [0.2, 0.25) is 11.8 Å². The average Bonchev–Trinajstić information content (AvgIpc) is 2.34. The smallest absolute Gasteiger partial charge is 0.326 e. The molecule has 20 heavy (non-hydrogen) atoms. The number of hydrogen-bond donors (Lipinski definition) is 3. The van der Waals surface area contributed by atoms with Gasteiger partial charge in [0.1, 0.15) is 6.04 Å². The van der Waals surface area contributed by atoms with Crippen molar-refractivity contribution in [3.8, 4) is 0 Å². The molecule has 0 aliphatic rings. The fourth-order valence-electron chi connectivity index (χ4n) is 1.84.